The fourth-order valence-electron chi connectivity index (χ4n) is 1.33. The van der Waals surface area contributed by atoms with Crippen LogP contribution >= 0.6 is 34.8 Å². The highest BCUT2D eigenvalue weighted by molar-refractivity contribution is 6.42. The van der Waals surface area contributed by atoms with Gasteiger partial charge in [0.15, 0.2) is 0 Å². The predicted molar refractivity (Wildman–Crippen MR) is 68.8 cm³/mol. The van der Waals surface area contributed by atoms with Crippen molar-refractivity contribution in [2.24, 2.45) is 0 Å². The average Bonchev–Trinajstić information content (AvgIpc) is 2.79. The number of alkyl halides is 1. The lowest BCUT2D eigenvalue weighted by molar-refractivity contribution is 0.378. The van der Waals surface area contributed by atoms with E-state index in [0.717, 1.165) is 12.0 Å². The van der Waals surface area contributed by atoms with Crippen LogP contribution < -0.4 is 0 Å². The highest BCUT2D eigenvalue weighted by Gasteiger charge is 2.09. The molecule has 0 aliphatic heterocycles. The molecule has 0 N–H and O–H groups in total. The number of hydrogen-bond acceptors (Lipinski definition) is 3. The molecule has 1 aromatic carbocycles. The molecule has 17 heavy (non-hydrogen) atoms. The Bertz CT molecular complexity index is 513. The molecular weight excluding hydrogens is 282 g/mol. The van der Waals surface area contributed by atoms with Crippen molar-refractivity contribution in [3.8, 4) is 11.4 Å². The molecular formula is C11H9Cl3N2O. The van der Waals surface area contributed by atoms with Gasteiger partial charge in [-0.2, -0.15) is 4.98 Å². The number of rotatable bonds is 4. The van der Waals surface area contributed by atoms with Gasteiger partial charge in [-0.3, -0.25) is 0 Å². The molecule has 0 bridgehead atoms. The monoisotopic (exact) mass is 290 g/mol. The van der Waals surface area contributed by atoms with Crippen LogP contribution in [-0.2, 0) is 6.42 Å². The molecule has 0 radical (unpaired) electrons. The molecule has 3 nitrogen and oxygen atoms in total. The topological polar surface area (TPSA) is 38.9 Å². The first-order chi connectivity index (χ1) is 8.20. The Labute approximate surface area is 114 Å². The number of aromatic nitrogens is 2. The Morgan fingerprint density at radius 1 is 1.18 bits per heavy atom. The molecule has 1 heterocycles. The summed E-state index contributed by atoms with van der Waals surface area (Å²) < 4.78 is 5.10. The van der Waals surface area contributed by atoms with E-state index in [2.05, 4.69) is 10.1 Å². The Balaban J connectivity index is 2.21. The second-order valence-electron chi connectivity index (χ2n) is 3.43. The van der Waals surface area contributed by atoms with Gasteiger partial charge in [0, 0.05) is 17.9 Å². The minimum absolute atomic E-state index is 0.469. The Kier molecular flexibility index (Phi) is 4.26. The summed E-state index contributed by atoms with van der Waals surface area (Å²) in [6.07, 6.45) is 1.49. The van der Waals surface area contributed by atoms with E-state index in [-0.39, 0.29) is 0 Å². The van der Waals surface area contributed by atoms with Gasteiger partial charge in [-0.15, -0.1) is 11.6 Å². The van der Waals surface area contributed by atoms with E-state index >= 15 is 0 Å². The third kappa shape index (κ3) is 3.12. The Morgan fingerprint density at radius 3 is 2.71 bits per heavy atom. The van der Waals surface area contributed by atoms with E-state index in [1.54, 1.807) is 18.2 Å². The molecule has 0 aliphatic rings. The first-order valence-corrected chi connectivity index (χ1v) is 6.33. The lowest BCUT2D eigenvalue weighted by Crippen LogP contribution is -1.86. The van der Waals surface area contributed by atoms with Gasteiger partial charge in [0.25, 0.3) is 0 Å². The van der Waals surface area contributed by atoms with E-state index in [1.165, 1.54) is 0 Å². The summed E-state index contributed by atoms with van der Waals surface area (Å²) in [6.45, 7) is 0. The number of aryl methyl sites for hydroxylation is 1. The molecule has 0 unspecified atom stereocenters. The normalized spacial score (nSPS) is 10.8. The molecule has 0 fully saturated rings. The highest BCUT2D eigenvalue weighted by Crippen LogP contribution is 2.27. The van der Waals surface area contributed by atoms with Crippen LogP contribution in [0, 0.1) is 0 Å². The Morgan fingerprint density at radius 2 is 2.00 bits per heavy atom. The van der Waals surface area contributed by atoms with Crippen LogP contribution in [0.1, 0.15) is 12.3 Å². The van der Waals surface area contributed by atoms with Gasteiger partial charge in [-0.1, -0.05) is 28.4 Å². The summed E-state index contributed by atoms with van der Waals surface area (Å²) in [5.41, 5.74) is 0.778. The number of nitrogens with zero attached hydrogens (tertiary/aromatic N) is 2. The van der Waals surface area contributed by atoms with Crippen molar-refractivity contribution in [2.45, 2.75) is 12.8 Å². The maximum atomic E-state index is 5.92. The average molecular weight is 292 g/mol. The van der Waals surface area contributed by atoms with Crippen molar-refractivity contribution in [2.75, 3.05) is 5.88 Å². The van der Waals surface area contributed by atoms with Crippen molar-refractivity contribution in [1.29, 1.82) is 0 Å². The smallest absolute Gasteiger partial charge is 0.227 e. The molecule has 6 heteroatoms. The molecule has 0 aliphatic carbocycles. The van der Waals surface area contributed by atoms with Crippen LogP contribution in [0.4, 0.5) is 0 Å². The van der Waals surface area contributed by atoms with Crippen LogP contribution in [0.2, 0.25) is 10.0 Å². The summed E-state index contributed by atoms with van der Waals surface area (Å²) in [6, 6.07) is 5.21. The van der Waals surface area contributed by atoms with Gasteiger partial charge >= 0.3 is 0 Å². The zero-order valence-electron chi connectivity index (χ0n) is 8.79. The molecule has 1 aromatic heterocycles. The fraction of sp³-hybridized carbons (Fsp3) is 0.273. The van der Waals surface area contributed by atoms with E-state index in [9.17, 15) is 0 Å². The first kappa shape index (κ1) is 12.7. The molecule has 2 aromatic rings. The molecule has 0 saturated carbocycles. The predicted octanol–water partition coefficient (Wildman–Crippen LogP) is 4.21. The number of hydrogen-bond donors (Lipinski definition) is 0. The van der Waals surface area contributed by atoms with Gasteiger partial charge in [0.1, 0.15) is 0 Å². The molecule has 2 rings (SSSR count). The van der Waals surface area contributed by atoms with Crippen molar-refractivity contribution in [1.82, 2.24) is 10.1 Å². The summed E-state index contributed by atoms with van der Waals surface area (Å²) in [4.78, 5) is 4.25. The Hall–Kier alpha value is -0.770. The van der Waals surface area contributed by atoms with Gasteiger partial charge < -0.3 is 4.52 Å². The van der Waals surface area contributed by atoms with E-state index in [4.69, 9.17) is 39.3 Å². The molecule has 0 amide bonds. The first-order valence-electron chi connectivity index (χ1n) is 5.04. The molecule has 0 atom stereocenters. The van der Waals surface area contributed by atoms with Gasteiger partial charge in [0.05, 0.1) is 10.0 Å². The SMILES string of the molecule is ClCCCc1nc(-c2ccc(Cl)c(Cl)c2)no1. The molecule has 90 valence electrons. The van der Waals surface area contributed by atoms with E-state index in [0.29, 0.717) is 34.1 Å². The van der Waals surface area contributed by atoms with Crippen molar-refractivity contribution >= 4 is 34.8 Å². The maximum Gasteiger partial charge on any atom is 0.227 e. The quantitative estimate of drug-likeness (QED) is 0.792. The van der Waals surface area contributed by atoms with Crippen LogP contribution in [0.5, 0.6) is 0 Å². The van der Waals surface area contributed by atoms with Gasteiger partial charge in [-0.05, 0) is 24.6 Å². The van der Waals surface area contributed by atoms with Crippen molar-refractivity contribution in [3.05, 3.63) is 34.1 Å². The lowest BCUT2D eigenvalue weighted by atomic mass is 10.2. The van der Waals surface area contributed by atoms with Crippen LogP contribution in [0.15, 0.2) is 22.7 Å². The number of benzene rings is 1. The minimum atomic E-state index is 0.469. The van der Waals surface area contributed by atoms with Crippen LogP contribution in [0.25, 0.3) is 11.4 Å². The second kappa shape index (κ2) is 5.71. The summed E-state index contributed by atoms with van der Waals surface area (Å²) >= 11 is 17.3. The maximum absolute atomic E-state index is 5.92. The van der Waals surface area contributed by atoms with Crippen LogP contribution in [-0.4, -0.2) is 16.0 Å². The largest absolute Gasteiger partial charge is 0.339 e. The summed E-state index contributed by atoms with van der Waals surface area (Å²) in [5, 5.41) is 4.85. The standard InChI is InChI=1S/C11H9Cl3N2O/c12-5-1-2-10-15-11(16-17-10)7-3-4-8(13)9(14)6-7/h3-4,6H,1-2,5H2. The minimum Gasteiger partial charge on any atom is -0.339 e. The van der Waals surface area contributed by atoms with Gasteiger partial charge in [0.2, 0.25) is 11.7 Å². The third-order valence-electron chi connectivity index (χ3n) is 2.17. The fourth-order valence-corrected chi connectivity index (χ4v) is 1.76. The second-order valence-corrected chi connectivity index (χ2v) is 4.63. The summed E-state index contributed by atoms with van der Waals surface area (Å²) in [7, 11) is 0. The molecule has 0 spiro atoms. The van der Waals surface area contributed by atoms with Crippen molar-refractivity contribution < 1.29 is 4.52 Å². The van der Waals surface area contributed by atoms with E-state index in [1.807, 2.05) is 0 Å². The van der Waals surface area contributed by atoms with E-state index < -0.39 is 0 Å². The molecule has 0 saturated heterocycles. The highest BCUT2D eigenvalue weighted by atomic mass is 35.5. The zero-order chi connectivity index (χ0) is 12.3. The van der Waals surface area contributed by atoms with Crippen LogP contribution in [0.3, 0.4) is 0 Å². The number of halogens is 3. The van der Waals surface area contributed by atoms with Gasteiger partial charge in [-0.25, -0.2) is 0 Å². The van der Waals surface area contributed by atoms with Crippen molar-refractivity contribution in [3.63, 3.8) is 0 Å². The third-order valence-corrected chi connectivity index (χ3v) is 3.18. The lowest BCUT2D eigenvalue weighted by Gasteiger charge is -1.97. The summed E-state index contributed by atoms with van der Waals surface area (Å²) in [5.74, 6) is 1.66. The zero-order valence-corrected chi connectivity index (χ0v) is 11.1.